The molecule has 2 N–H and O–H groups in total. The third-order valence-electron chi connectivity index (χ3n) is 5.21. The van der Waals surface area contributed by atoms with Crippen molar-refractivity contribution < 1.29 is 9.59 Å². The number of halogens is 2. The average Bonchev–Trinajstić information content (AvgIpc) is 3.14. The van der Waals surface area contributed by atoms with E-state index in [9.17, 15) is 9.59 Å². The summed E-state index contributed by atoms with van der Waals surface area (Å²) >= 11 is 0. The summed E-state index contributed by atoms with van der Waals surface area (Å²) in [5.74, 6) is 0.348. The number of para-hydroxylation sites is 1. The fourth-order valence-corrected chi connectivity index (χ4v) is 3.60. The normalized spacial score (nSPS) is 17.2. The van der Waals surface area contributed by atoms with Gasteiger partial charge in [-0.25, -0.2) is 0 Å². The molecule has 2 aliphatic heterocycles. The highest BCUT2D eigenvalue weighted by molar-refractivity contribution is 5.85. The second kappa shape index (κ2) is 11.4. The first-order valence-corrected chi connectivity index (χ1v) is 9.25. The summed E-state index contributed by atoms with van der Waals surface area (Å²) in [6, 6.07) is 7.68. The number of piperazine rings is 1. The van der Waals surface area contributed by atoms with Crippen molar-refractivity contribution in [2.75, 3.05) is 51.5 Å². The van der Waals surface area contributed by atoms with Gasteiger partial charge in [-0.3, -0.25) is 14.5 Å². The van der Waals surface area contributed by atoms with Gasteiger partial charge in [0, 0.05) is 38.3 Å². The SMILES string of the molecule is Cl.Cl.Nc1ccccc1CCC(=O)N1CCN(C(=O)CN2CCCC2)CC1. The second-order valence-electron chi connectivity index (χ2n) is 6.94. The molecule has 6 nitrogen and oxygen atoms in total. The lowest BCUT2D eigenvalue weighted by Gasteiger charge is -2.35. The number of carbonyl (C=O) groups is 2. The summed E-state index contributed by atoms with van der Waals surface area (Å²) < 4.78 is 0. The molecule has 0 radical (unpaired) electrons. The lowest BCUT2D eigenvalue weighted by atomic mass is 10.1. The Labute approximate surface area is 173 Å². The Morgan fingerprint density at radius 1 is 0.852 bits per heavy atom. The quantitative estimate of drug-likeness (QED) is 0.742. The number of nitrogen functional groups attached to an aromatic ring is 1. The minimum absolute atomic E-state index is 0. The van der Waals surface area contributed by atoms with Crippen LogP contribution in [0.5, 0.6) is 0 Å². The van der Waals surface area contributed by atoms with Gasteiger partial charge >= 0.3 is 0 Å². The van der Waals surface area contributed by atoms with Crippen LogP contribution < -0.4 is 5.73 Å². The monoisotopic (exact) mass is 416 g/mol. The molecular weight excluding hydrogens is 387 g/mol. The van der Waals surface area contributed by atoms with E-state index < -0.39 is 0 Å². The van der Waals surface area contributed by atoms with Gasteiger partial charge in [0.1, 0.15) is 0 Å². The van der Waals surface area contributed by atoms with E-state index in [0.29, 0.717) is 45.6 Å². The number of benzene rings is 1. The molecule has 0 bridgehead atoms. The maximum Gasteiger partial charge on any atom is 0.236 e. The number of anilines is 1. The molecule has 152 valence electrons. The van der Waals surface area contributed by atoms with Crippen LogP contribution >= 0.6 is 24.8 Å². The van der Waals surface area contributed by atoms with E-state index in [4.69, 9.17) is 5.73 Å². The van der Waals surface area contributed by atoms with E-state index in [1.165, 1.54) is 12.8 Å². The van der Waals surface area contributed by atoms with E-state index in [-0.39, 0.29) is 36.6 Å². The van der Waals surface area contributed by atoms with E-state index in [1.807, 2.05) is 34.1 Å². The van der Waals surface area contributed by atoms with Gasteiger partial charge in [-0.2, -0.15) is 0 Å². The summed E-state index contributed by atoms with van der Waals surface area (Å²) in [6.45, 7) is 5.16. The molecule has 8 heteroatoms. The van der Waals surface area contributed by atoms with Crippen LogP contribution in [0.25, 0.3) is 0 Å². The van der Waals surface area contributed by atoms with Gasteiger partial charge in [0.2, 0.25) is 11.8 Å². The number of hydrogen-bond donors (Lipinski definition) is 1. The number of amides is 2. The van der Waals surface area contributed by atoms with Crippen LogP contribution in [0.2, 0.25) is 0 Å². The molecule has 2 fully saturated rings. The zero-order valence-corrected chi connectivity index (χ0v) is 17.3. The molecule has 1 aromatic rings. The van der Waals surface area contributed by atoms with Crippen molar-refractivity contribution >= 4 is 42.3 Å². The molecule has 0 atom stereocenters. The Balaban J connectivity index is 0.00000182. The summed E-state index contributed by atoms with van der Waals surface area (Å²) in [7, 11) is 0. The maximum absolute atomic E-state index is 12.4. The molecule has 2 heterocycles. The first kappa shape index (κ1) is 23.5. The van der Waals surface area contributed by atoms with E-state index >= 15 is 0 Å². The molecule has 0 unspecified atom stereocenters. The highest BCUT2D eigenvalue weighted by atomic mass is 35.5. The van der Waals surface area contributed by atoms with Crippen molar-refractivity contribution in [1.82, 2.24) is 14.7 Å². The molecule has 2 aliphatic rings. The van der Waals surface area contributed by atoms with Gasteiger partial charge in [0.05, 0.1) is 6.54 Å². The molecule has 2 amide bonds. The number of nitrogens with two attached hydrogens (primary N) is 1. The predicted octanol–water partition coefficient (Wildman–Crippen LogP) is 1.81. The van der Waals surface area contributed by atoms with Crippen molar-refractivity contribution in [2.24, 2.45) is 0 Å². The van der Waals surface area contributed by atoms with Crippen LogP contribution in [0.4, 0.5) is 5.69 Å². The van der Waals surface area contributed by atoms with E-state index in [0.717, 1.165) is 24.3 Å². The van der Waals surface area contributed by atoms with Gasteiger partial charge < -0.3 is 15.5 Å². The van der Waals surface area contributed by atoms with Crippen molar-refractivity contribution in [1.29, 1.82) is 0 Å². The Hall–Kier alpha value is -1.50. The van der Waals surface area contributed by atoms with Gasteiger partial charge in [-0.1, -0.05) is 18.2 Å². The molecular formula is C19H30Cl2N4O2. The molecule has 3 rings (SSSR count). The van der Waals surface area contributed by atoms with Crippen LogP contribution in [-0.4, -0.2) is 72.3 Å². The molecule has 0 saturated carbocycles. The Kier molecular flexibility index (Phi) is 9.91. The largest absolute Gasteiger partial charge is 0.399 e. The lowest BCUT2D eigenvalue weighted by Crippen LogP contribution is -2.52. The first-order valence-electron chi connectivity index (χ1n) is 9.25. The Morgan fingerprint density at radius 2 is 1.41 bits per heavy atom. The number of likely N-dealkylation sites (tertiary alicyclic amines) is 1. The van der Waals surface area contributed by atoms with E-state index in [1.54, 1.807) is 0 Å². The first-order chi connectivity index (χ1) is 12.1. The lowest BCUT2D eigenvalue weighted by molar-refractivity contribution is -0.140. The second-order valence-corrected chi connectivity index (χ2v) is 6.94. The maximum atomic E-state index is 12.4. The van der Waals surface area contributed by atoms with Crippen LogP contribution in [-0.2, 0) is 16.0 Å². The van der Waals surface area contributed by atoms with E-state index in [2.05, 4.69) is 4.90 Å². The van der Waals surface area contributed by atoms with Crippen LogP contribution in [0.1, 0.15) is 24.8 Å². The average molecular weight is 417 g/mol. The van der Waals surface area contributed by atoms with Crippen molar-refractivity contribution in [2.45, 2.75) is 25.7 Å². The number of hydrogen-bond acceptors (Lipinski definition) is 4. The Bertz CT molecular complexity index is 615. The molecule has 27 heavy (non-hydrogen) atoms. The summed E-state index contributed by atoms with van der Waals surface area (Å²) in [4.78, 5) is 30.8. The Morgan fingerprint density at radius 3 is 2.00 bits per heavy atom. The molecule has 0 spiro atoms. The fraction of sp³-hybridized carbons (Fsp3) is 0.579. The molecule has 2 saturated heterocycles. The van der Waals surface area contributed by atoms with Crippen molar-refractivity contribution in [3.63, 3.8) is 0 Å². The third kappa shape index (κ3) is 6.55. The highest BCUT2D eigenvalue weighted by Crippen LogP contribution is 2.14. The highest BCUT2D eigenvalue weighted by Gasteiger charge is 2.25. The van der Waals surface area contributed by atoms with Gasteiger partial charge in [0.15, 0.2) is 0 Å². The third-order valence-corrected chi connectivity index (χ3v) is 5.21. The zero-order valence-electron chi connectivity index (χ0n) is 15.6. The van der Waals surface area contributed by atoms with Crippen LogP contribution in [0.3, 0.4) is 0 Å². The summed E-state index contributed by atoms with van der Waals surface area (Å²) in [6.07, 6.45) is 3.53. The minimum Gasteiger partial charge on any atom is -0.399 e. The summed E-state index contributed by atoms with van der Waals surface area (Å²) in [5.41, 5.74) is 7.70. The predicted molar refractivity (Wildman–Crippen MR) is 113 cm³/mol. The summed E-state index contributed by atoms with van der Waals surface area (Å²) in [5, 5.41) is 0. The zero-order chi connectivity index (χ0) is 17.6. The van der Waals surface area contributed by atoms with Gasteiger partial charge in [0.25, 0.3) is 0 Å². The minimum atomic E-state index is 0. The number of carbonyl (C=O) groups excluding carboxylic acids is 2. The number of rotatable bonds is 5. The fourth-order valence-electron chi connectivity index (χ4n) is 3.60. The smallest absolute Gasteiger partial charge is 0.236 e. The number of aryl methyl sites for hydroxylation is 1. The van der Waals surface area contributed by atoms with Gasteiger partial charge in [-0.05, 0) is 44.0 Å². The standard InChI is InChI=1S/C19H28N4O2.2ClH/c20-17-6-2-1-5-16(17)7-8-18(24)22-11-13-23(14-12-22)19(25)15-21-9-3-4-10-21;;/h1-2,5-6H,3-4,7-15,20H2;2*1H. The van der Waals surface area contributed by atoms with Gasteiger partial charge in [-0.15, -0.1) is 24.8 Å². The van der Waals surface area contributed by atoms with Crippen molar-refractivity contribution in [3.8, 4) is 0 Å². The van der Waals surface area contributed by atoms with Crippen LogP contribution in [0, 0.1) is 0 Å². The molecule has 0 aromatic heterocycles. The van der Waals surface area contributed by atoms with Crippen LogP contribution in [0.15, 0.2) is 24.3 Å². The topological polar surface area (TPSA) is 69.9 Å². The number of nitrogens with zero attached hydrogens (tertiary/aromatic N) is 3. The van der Waals surface area contributed by atoms with Crippen molar-refractivity contribution in [3.05, 3.63) is 29.8 Å². The molecule has 1 aromatic carbocycles. The molecule has 0 aliphatic carbocycles.